The minimum atomic E-state index is -1.43. The largest absolute Gasteiger partial charge is 0.400 e. The van der Waals surface area contributed by atoms with Crippen molar-refractivity contribution >= 4 is 9.28 Å². The van der Waals surface area contributed by atoms with Gasteiger partial charge in [0, 0.05) is 20.1 Å². The van der Waals surface area contributed by atoms with E-state index in [9.17, 15) is 0 Å². The first-order valence-corrected chi connectivity index (χ1v) is 5.99. The van der Waals surface area contributed by atoms with E-state index < -0.39 is 9.28 Å². The normalized spacial score (nSPS) is 12.9. The second kappa shape index (κ2) is 7.29. The zero-order chi connectivity index (χ0) is 9.40. The Bertz CT molecular complexity index is 142. The molecule has 3 nitrogen and oxygen atoms in total. The topological polar surface area (TPSA) is 42.2 Å². The zero-order valence-electron chi connectivity index (χ0n) is 8.04. The Morgan fingerprint density at radius 2 is 2.00 bits per heavy atom. The molecule has 0 radical (unpaired) electrons. The lowest BCUT2D eigenvalue weighted by molar-refractivity contribution is 0.275. The van der Waals surface area contributed by atoms with Crippen molar-refractivity contribution in [3.8, 4) is 6.07 Å². The predicted octanol–water partition coefficient (Wildman–Crippen LogP) is 1.44. The van der Waals surface area contributed by atoms with Gasteiger partial charge in [-0.1, -0.05) is 6.92 Å². The summed E-state index contributed by atoms with van der Waals surface area (Å²) in [6.07, 6.45) is 1.83. The highest BCUT2D eigenvalue weighted by Gasteiger charge is 2.12. The second-order valence-electron chi connectivity index (χ2n) is 2.71. The molecule has 0 amide bonds. The summed E-state index contributed by atoms with van der Waals surface area (Å²) < 4.78 is 10.3. The third-order valence-corrected chi connectivity index (χ3v) is 3.81. The molecule has 0 aliphatic rings. The number of hydrogen-bond acceptors (Lipinski definition) is 3. The van der Waals surface area contributed by atoms with E-state index in [1.807, 2.05) is 6.92 Å². The molecule has 12 heavy (non-hydrogen) atoms. The predicted molar refractivity (Wildman–Crippen MR) is 50.0 cm³/mol. The van der Waals surface area contributed by atoms with E-state index >= 15 is 0 Å². The number of hydrogen-bond donors (Lipinski definition) is 0. The van der Waals surface area contributed by atoms with Crippen molar-refractivity contribution in [3.05, 3.63) is 0 Å². The smallest absolute Gasteiger partial charge is 0.320 e. The van der Waals surface area contributed by atoms with E-state index in [1.54, 1.807) is 14.2 Å². The number of rotatable bonds is 6. The summed E-state index contributed by atoms with van der Waals surface area (Å²) in [5.74, 6) is 0.172. The van der Waals surface area contributed by atoms with Gasteiger partial charge in [-0.05, 0) is 18.9 Å². The van der Waals surface area contributed by atoms with Crippen molar-refractivity contribution in [2.75, 3.05) is 14.2 Å². The SMILES string of the molecule is CCC(C#N)CC[SiH](OC)OC. The molecule has 0 saturated carbocycles. The first-order chi connectivity index (χ1) is 5.78. The van der Waals surface area contributed by atoms with Crippen LogP contribution in [0.25, 0.3) is 0 Å². The van der Waals surface area contributed by atoms with Gasteiger partial charge in [0.2, 0.25) is 0 Å². The molecule has 0 heterocycles. The van der Waals surface area contributed by atoms with Crippen molar-refractivity contribution in [1.82, 2.24) is 0 Å². The quantitative estimate of drug-likeness (QED) is 0.591. The first kappa shape index (κ1) is 11.6. The third kappa shape index (κ3) is 4.49. The Morgan fingerprint density at radius 1 is 1.42 bits per heavy atom. The van der Waals surface area contributed by atoms with Gasteiger partial charge in [0.1, 0.15) is 0 Å². The van der Waals surface area contributed by atoms with Crippen molar-refractivity contribution in [2.24, 2.45) is 5.92 Å². The van der Waals surface area contributed by atoms with Crippen LogP contribution in [-0.2, 0) is 8.85 Å². The summed E-state index contributed by atoms with van der Waals surface area (Å²) >= 11 is 0. The molecule has 0 aromatic carbocycles. The van der Waals surface area contributed by atoms with Crippen molar-refractivity contribution in [1.29, 1.82) is 5.26 Å². The molecular formula is C8H17NO2Si. The molecule has 1 atom stereocenters. The average molecular weight is 187 g/mol. The molecule has 4 heteroatoms. The van der Waals surface area contributed by atoms with Crippen LogP contribution < -0.4 is 0 Å². The number of nitrogens with zero attached hydrogens (tertiary/aromatic N) is 1. The monoisotopic (exact) mass is 187 g/mol. The van der Waals surface area contributed by atoms with E-state index in [0.29, 0.717) is 0 Å². The Labute approximate surface area is 76.1 Å². The number of nitriles is 1. The van der Waals surface area contributed by atoms with E-state index in [-0.39, 0.29) is 5.92 Å². The fraction of sp³-hybridized carbons (Fsp3) is 0.875. The van der Waals surface area contributed by atoms with Gasteiger partial charge in [-0.3, -0.25) is 0 Å². The van der Waals surface area contributed by atoms with E-state index in [1.165, 1.54) is 0 Å². The molecule has 0 rings (SSSR count). The van der Waals surface area contributed by atoms with Crippen LogP contribution in [0.2, 0.25) is 6.04 Å². The minimum Gasteiger partial charge on any atom is -0.400 e. The molecule has 0 aliphatic carbocycles. The highest BCUT2D eigenvalue weighted by Crippen LogP contribution is 2.12. The minimum absolute atomic E-state index is 0.172. The van der Waals surface area contributed by atoms with Crippen molar-refractivity contribution in [3.63, 3.8) is 0 Å². The van der Waals surface area contributed by atoms with Gasteiger partial charge in [0.05, 0.1) is 6.07 Å². The highest BCUT2D eigenvalue weighted by atomic mass is 28.3. The lowest BCUT2D eigenvalue weighted by atomic mass is 10.1. The van der Waals surface area contributed by atoms with Crippen LogP contribution in [0.5, 0.6) is 0 Å². The maximum Gasteiger partial charge on any atom is 0.320 e. The molecule has 70 valence electrons. The molecule has 0 aromatic heterocycles. The molecule has 0 aliphatic heterocycles. The molecule has 0 fully saturated rings. The average Bonchev–Trinajstić information content (AvgIpc) is 2.13. The van der Waals surface area contributed by atoms with Crippen LogP contribution >= 0.6 is 0 Å². The van der Waals surface area contributed by atoms with Crippen LogP contribution in [0, 0.1) is 17.2 Å². The van der Waals surface area contributed by atoms with Gasteiger partial charge in [-0.25, -0.2) is 0 Å². The van der Waals surface area contributed by atoms with Gasteiger partial charge >= 0.3 is 9.28 Å². The summed E-state index contributed by atoms with van der Waals surface area (Å²) in [5, 5.41) is 8.67. The molecule has 0 bridgehead atoms. The van der Waals surface area contributed by atoms with Gasteiger partial charge in [-0.15, -0.1) is 0 Å². The van der Waals surface area contributed by atoms with Gasteiger partial charge < -0.3 is 8.85 Å². The molecule has 0 N–H and O–H groups in total. The Balaban J connectivity index is 3.58. The van der Waals surface area contributed by atoms with Crippen LogP contribution in [0.15, 0.2) is 0 Å². The second-order valence-corrected chi connectivity index (χ2v) is 5.09. The Hall–Kier alpha value is -0.373. The zero-order valence-corrected chi connectivity index (χ0v) is 9.19. The van der Waals surface area contributed by atoms with Gasteiger partial charge in [0.15, 0.2) is 0 Å². The Morgan fingerprint density at radius 3 is 2.33 bits per heavy atom. The fourth-order valence-corrected chi connectivity index (χ4v) is 2.37. The molecule has 0 saturated heterocycles. The first-order valence-electron chi connectivity index (χ1n) is 4.23. The summed E-state index contributed by atoms with van der Waals surface area (Å²) in [7, 11) is 1.92. The van der Waals surface area contributed by atoms with Crippen LogP contribution in [0.1, 0.15) is 19.8 Å². The summed E-state index contributed by atoms with van der Waals surface area (Å²) in [6.45, 7) is 2.03. The molecular weight excluding hydrogens is 170 g/mol. The third-order valence-electron chi connectivity index (χ3n) is 1.95. The van der Waals surface area contributed by atoms with Crippen LogP contribution in [0.4, 0.5) is 0 Å². The molecule has 0 spiro atoms. The fourth-order valence-electron chi connectivity index (χ4n) is 1.03. The van der Waals surface area contributed by atoms with Gasteiger partial charge in [0.25, 0.3) is 0 Å². The maximum absolute atomic E-state index is 8.67. The van der Waals surface area contributed by atoms with Crippen LogP contribution in [0.3, 0.4) is 0 Å². The lowest BCUT2D eigenvalue weighted by Crippen LogP contribution is -2.19. The molecule has 1 unspecified atom stereocenters. The summed E-state index contributed by atoms with van der Waals surface area (Å²) in [5.41, 5.74) is 0. The summed E-state index contributed by atoms with van der Waals surface area (Å²) in [6, 6.07) is 3.20. The Kier molecular flexibility index (Phi) is 7.06. The van der Waals surface area contributed by atoms with E-state index in [2.05, 4.69) is 6.07 Å². The standard InChI is InChI=1S/C8H17NO2Si/c1-4-8(7-9)5-6-12(10-2)11-3/h8,12H,4-6H2,1-3H3. The van der Waals surface area contributed by atoms with E-state index in [4.69, 9.17) is 14.1 Å². The maximum atomic E-state index is 8.67. The van der Waals surface area contributed by atoms with Crippen molar-refractivity contribution < 1.29 is 8.85 Å². The lowest BCUT2D eigenvalue weighted by Gasteiger charge is -2.11. The summed E-state index contributed by atoms with van der Waals surface area (Å²) in [4.78, 5) is 0. The van der Waals surface area contributed by atoms with Crippen LogP contribution in [-0.4, -0.2) is 23.5 Å². The van der Waals surface area contributed by atoms with E-state index in [0.717, 1.165) is 18.9 Å². The van der Waals surface area contributed by atoms with Gasteiger partial charge in [-0.2, -0.15) is 5.26 Å². The highest BCUT2D eigenvalue weighted by molar-refractivity contribution is 6.44. The molecule has 0 aromatic rings. The van der Waals surface area contributed by atoms with Crippen molar-refractivity contribution in [2.45, 2.75) is 25.8 Å².